The maximum atomic E-state index is 11.6. The van der Waals surface area contributed by atoms with Gasteiger partial charge >= 0.3 is 5.97 Å². The van der Waals surface area contributed by atoms with Crippen molar-refractivity contribution < 1.29 is 24.5 Å². The Morgan fingerprint density at radius 1 is 0.909 bits per heavy atom. The molecule has 0 spiro atoms. The molecule has 22 heavy (non-hydrogen) atoms. The molecule has 0 aliphatic heterocycles. The van der Waals surface area contributed by atoms with Crippen molar-refractivity contribution in [3.63, 3.8) is 0 Å². The van der Waals surface area contributed by atoms with Crippen molar-refractivity contribution in [3.8, 4) is 17.2 Å². The van der Waals surface area contributed by atoms with Gasteiger partial charge in [0.25, 0.3) is 0 Å². The number of hydrogen-bond donors (Lipinski definition) is 2. The van der Waals surface area contributed by atoms with Crippen LogP contribution in [0.2, 0.25) is 0 Å². The minimum Gasteiger partial charge on any atom is -0.507 e. The Morgan fingerprint density at radius 3 is 2.14 bits per heavy atom. The van der Waals surface area contributed by atoms with Crippen molar-refractivity contribution in [2.24, 2.45) is 0 Å². The largest absolute Gasteiger partial charge is 0.507 e. The standard InChI is InChI=1S/C17H14O5/c1-21-15-7-10-9-4-3-5-14(18)12(9)6-13(17(19)20)11(10)8-16(15)22-2/h3-8,18H,1-2H3,(H,19,20). The molecule has 0 heterocycles. The third kappa shape index (κ3) is 1.98. The quantitative estimate of drug-likeness (QED) is 0.725. The lowest BCUT2D eigenvalue weighted by molar-refractivity contribution is 0.0699. The predicted molar refractivity (Wildman–Crippen MR) is 83.2 cm³/mol. The van der Waals surface area contributed by atoms with Crippen LogP contribution in [0.15, 0.2) is 36.4 Å². The van der Waals surface area contributed by atoms with Crippen molar-refractivity contribution in [2.75, 3.05) is 14.2 Å². The van der Waals surface area contributed by atoms with Crippen LogP contribution in [0.4, 0.5) is 0 Å². The molecule has 0 radical (unpaired) electrons. The number of phenols is 1. The number of rotatable bonds is 3. The van der Waals surface area contributed by atoms with E-state index in [0.29, 0.717) is 27.7 Å². The van der Waals surface area contributed by atoms with Crippen LogP contribution in [-0.2, 0) is 0 Å². The zero-order valence-corrected chi connectivity index (χ0v) is 12.1. The molecular weight excluding hydrogens is 284 g/mol. The number of fused-ring (bicyclic) bond motifs is 3. The van der Waals surface area contributed by atoms with Gasteiger partial charge in [0, 0.05) is 10.8 Å². The highest BCUT2D eigenvalue weighted by Gasteiger charge is 2.17. The van der Waals surface area contributed by atoms with Crippen molar-refractivity contribution >= 4 is 27.5 Å². The zero-order chi connectivity index (χ0) is 15.9. The van der Waals surface area contributed by atoms with Gasteiger partial charge in [-0.2, -0.15) is 0 Å². The van der Waals surface area contributed by atoms with E-state index in [4.69, 9.17) is 9.47 Å². The number of carbonyl (C=O) groups is 1. The number of aromatic carboxylic acids is 1. The van der Waals surface area contributed by atoms with E-state index in [1.165, 1.54) is 26.4 Å². The van der Waals surface area contributed by atoms with E-state index in [0.717, 1.165) is 5.39 Å². The number of hydrogen-bond acceptors (Lipinski definition) is 4. The van der Waals surface area contributed by atoms with E-state index in [2.05, 4.69) is 0 Å². The Hall–Kier alpha value is -2.95. The van der Waals surface area contributed by atoms with E-state index in [-0.39, 0.29) is 11.3 Å². The second kappa shape index (κ2) is 5.11. The first-order chi connectivity index (χ1) is 10.6. The molecule has 0 aliphatic rings. The van der Waals surface area contributed by atoms with Crippen LogP contribution in [0.1, 0.15) is 10.4 Å². The normalized spacial score (nSPS) is 10.8. The summed E-state index contributed by atoms with van der Waals surface area (Å²) in [4.78, 5) is 11.6. The van der Waals surface area contributed by atoms with E-state index >= 15 is 0 Å². The van der Waals surface area contributed by atoms with Gasteiger partial charge in [0.15, 0.2) is 11.5 Å². The van der Waals surface area contributed by atoms with Gasteiger partial charge in [0.2, 0.25) is 0 Å². The fraction of sp³-hybridized carbons (Fsp3) is 0.118. The molecule has 3 aromatic rings. The molecule has 0 atom stereocenters. The van der Waals surface area contributed by atoms with E-state index < -0.39 is 5.97 Å². The summed E-state index contributed by atoms with van der Waals surface area (Å²) in [5, 5.41) is 21.9. The summed E-state index contributed by atoms with van der Waals surface area (Å²) < 4.78 is 10.5. The molecule has 0 amide bonds. The van der Waals surface area contributed by atoms with E-state index in [1.807, 2.05) is 6.07 Å². The van der Waals surface area contributed by atoms with Crippen molar-refractivity contribution in [2.45, 2.75) is 0 Å². The lowest BCUT2D eigenvalue weighted by Crippen LogP contribution is -1.99. The Morgan fingerprint density at radius 2 is 1.55 bits per heavy atom. The number of ether oxygens (including phenoxy) is 2. The molecule has 2 N–H and O–H groups in total. The smallest absolute Gasteiger partial charge is 0.336 e. The van der Waals surface area contributed by atoms with Gasteiger partial charge in [-0.25, -0.2) is 4.79 Å². The van der Waals surface area contributed by atoms with Crippen LogP contribution < -0.4 is 9.47 Å². The number of aromatic hydroxyl groups is 1. The van der Waals surface area contributed by atoms with Crippen molar-refractivity contribution in [3.05, 3.63) is 42.0 Å². The highest BCUT2D eigenvalue weighted by molar-refractivity contribution is 6.17. The van der Waals surface area contributed by atoms with E-state index in [9.17, 15) is 15.0 Å². The van der Waals surface area contributed by atoms with Crippen LogP contribution >= 0.6 is 0 Å². The van der Waals surface area contributed by atoms with Crippen molar-refractivity contribution in [1.82, 2.24) is 0 Å². The molecule has 0 saturated carbocycles. The Balaban J connectivity index is 2.56. The SMILES string of the molecule is COc1cc2c(C(=O)O)cc3c(O)cccc3c2cc1OC. The first-order valence-corrected chi connectivity index (χ1v) is 6.60. The van der Waals surface area contributed by atoms with Gasteiger partial charge in [-0.15, -0.1) is 0 Å². The summed E-state index contributed by atoms with van der Waals surface area (Å²) in [6.07, 6.45) is 0. The monoisotopic (exact) mass is 298 g/mol. The molecule has 0 unspecified atom stereocenters. The van der Waals surface area contributed by atoms with Gasteiger partial charge in [-0.05, 0) is 35.0 Å². The van der Waals surface area contributed by atoms with Crippen LogP contribution in [0.25, 0.3) is 21.5 Å². The van der Waals surface area contributed by atoms with Crippen molar-refractivity contribution in [1.29, 1.82) is 0 Å². The molecular formula is C17H14O5. The summed E-state index contributed by atoms with van der Waals surface area (Å²) in [5.41, 5.74) is 0.102. The van der Waals surface area contributed by atoms with Crippen LogP contribution in [0, 0.1) is 0 Å². The van der Waals surface area contributed by atoms with E-state index in [1.54, 1.807) is 18.2 Å². The van der Waals surface area contributed by atoms with Gasteiger partial charge in [0.05, 0.1) is 19.8 Å². The summed E-state index contributed by atoms with van der Waals surface area (Å²) in [6, 6.07) is 9.91. The second-order valence-corrected chi connectivity index (χ2v) is 4.85. The van der Waals surface area contributed by atoms with Crippen LogP contribution in [0.5, 0.6) is 17.2 Å². The van der Waals surface area contributed by atoms with Gasteiger partial charge in [-0.1, -0.05) is 12.1 Å². The lowest BCUT2D eigenvalue weighted by Gasteiger charge is -2.13. The molecule has 0 aromatic heterocycles. The molecule has 0 saturated heterocycles. The van der Waals surface area contributed by atoms with Gasteiger partial charge in [0.1, 0.15) is 5.75 Å². The maximum Gasteiger partial charge on any atom is 0.336 e. The number of carboxylic acids is 1. The summed E-state index contributed by atoms with van der Waals surface area (Å²) in [5.74, 6) is -0.0711. The molecule has 3 rings (SSSR count). The van der Waals surface area contributed by atoms with Crippen LogP contribution in [0.3, 0.4) is 0 Å². The molecule has 5 heteroatoms. The molecule has 112 valence electrons. The highest BCUT2D eigenvalue weighted by Crippen LogP contribution is 2.39. The third-order valence-electron chi connectivity index (χ3n) is 3.71. The fourth-order valence-electron chi connectivity index (χ4n) is 2.66. The average molecular weight is 298 g/mol. The van der Waals surface area contributed by atoms with Crippen LogP contribution in [-0.4, -0.2) is 30.4 Å². The Bertz CT molecular complexity index is 899. The molecule has 3 aromatic carbocycles. The minimum atomic E-state index is -1.07. The maximum absolute atomic E-state index is 11.6. The molecule has 0 aliphatic carbocycles. The first kappa shape index (κ1) is 14.0. The number of methoxy groups -OCH3 is 2. The Labute approximate surface area is 126 Å². The fourth-order valence-corrected chi connectivity index (χ4v) is 2.66. The molecule has 0 bridgehead atoms. The summed E-state index contributed by atoms with van der Waals surface area (Å²) >= 11 is 0. The lowest BCUT2D eigenvalue weighted by atomic mass is 9.96. The summed E-state index contributed by atoms with van der Waals surface area (Å²) in [6.45, 7) is 0. The Kier molecular flexibility index (Phi) is 3.25. The van der Waals surface area contributed by atoms with Gasteiger partial charge < -0.3 is 19.7 Å². The first-order valence-electron chi connectivity index (χ1n) is 6.60. The third-order valence-corrected chi connectivity index (χ3v) is 3.71. The minimum absolute atomic E-state index is 0.0386. The number of benzene rings is 3. The highest BCUT2D eigenvalue weighted by atomic mass is 16.5. The molecule has 0 fully saturated rings. The number of carboxylic acid groups (broad SMARTS) is 1. The molecule has 5 nitrogen and oxygen atoms in total. The van der Waals surface area contributed by atoms with Gasteiger partial charge in [-0.3, -0.25) is 0 Å². The second-order valence-electron chi connectivity index (χ2n) is 4.85. The number of phenolic OH excluding ortho intramolecular Hbond substituents is 1. The zero-order valence-electron chi connectivity index (χ0n) is 12.1. The predicted octanol–water partition coefficient (Wildman–Crippen LogP) is 3.41. The topological polar surface area (TPSA) is 76.0 Å². The summed E-state index contributed by atoms with van der Waals surface area (Å²) in [7, 11) is 3.02. The average Bonchev–Trinajstić information content (AvgIpc) is 2.52.